The van der Waals surface area contributed by atoms with E-state index in [0.29, 0.717) is 6.04 Å². The fourth-order valence-corrected chi connectivity index (χ4v) is 5.33. The van der Waals surface area contributed by atoms with E-state index in [2.05, 4.69) is 25.7 Å². The van der Waals surface area contributed by atoms with Gasteiger partial charge in [0, 0.05) is 18.6 Å². The number of nitrogens with zero attached hydrogens (tertiary/aromatic N) is 1. The maximum Gasteiger partial charge on any atom is 0.0221 e. The van der Waals surface area contributed by atoms with Gasteiger partial charge in [-0.05, 0) is 31.7 Å². The van der Waals surface area contributed by atoms with Crippen LogP contribution in [0.5, 0.6) is 0 Å². The molecule has 3 unspecified atom stereocenters. The van der Waals surface area contributed by atoms with E-state index >= 15 is 0 Å². The summed E-state index contributed by atoms with van der Waals surface area (Å²) in [5.74, 6) is 0.885. The zero-order valence-electron chi connectivity index (χ0n) is 19.2. The van der Waals surface area contributed by atoms with Crippen LogP contribution in [0.2, 0.25) is 0 Å². The van der Waals surface area contributed by atoms with E-state index in [0.717, 1.165) is 18.5 Å². The first kappa shape index (κ1) is 25.0. The van der Waals surface area contributed by atoms with E-state index < -0.39 is 0 Å². The lowest BCUT2D eigenvalue weighted by molar-refractivity contribution is 0.0797. The van der Waals surface area contributed by atoms with E-state index in [4.69, 9.17) is 5.73 Å². The molecule has 0 bridgehead atoms. The van der Waals surface area contributed by atoms with Gasteiger partial charge in [-0.25, -0.2) is 0 Å². The number of nitrogens with two attached hydrogens (primary N) is 1. The molecular weight excluding hydrogens is 328 g/mol. The number of hydrogen-bond acceptors (Lipinski definition) is 2. The maximum absolute atomic E-state index is 6.30. The van der Waals surface area contributed by atoms with Crippen molar-refractivity contribution in [3.63, 3.8) is 0 Å². The quantitative estimate of drug-likeness (QED) is 0.320. The Morgan fingerprint density at radius 2 is 1.37 bits per heavy atom. The van der Waals surface area contributed by atoms with Crippen LogP contribution in [0.3, 0.4) is 0 Å². The molecule has 0 aromatic carbocycles. The smallest absolute Gasteiger partial charge is 0.0221 e. The molecule has 27 heavy (non-hydrogen) atoms. The first-order chi connectivity index (χ1) is 13.3. The average molecular weight is 381 g/mol. The van der Waals surface area contributed by atoms with Gasteiger partial charge in [-0.2, -0.15) is 0 Å². The van der Waals surface area contributed by atoms with Gasteiger partial charge in [0.2, 0.25) is 0 Å². The van der Waals surface area contributed by atoms with Gasteiger partial charge in [0.05, 0.1) is 0 Å². The number of hydrogen-bond donors (Lipinski definition) is 1. The van der Waals surface area contributed by atoms with Crippen LogP contribution in [0.1, 0.15) is 130 Å². The highest BCUT2D eigenvalue weighted by Crippen LogP contribution is 2.30. The van der Waals surface area contributed by atoms with E-state index in [1.165, 1.54) is 116 Å². The summed E-state index contributed by atoms with van der Waals surface area (Å²) in [7, 11) is 0. The molecular formula is C25H52N2. The molecule has 0 saturated heterocycles. The van der Waals surface area contributed by atoms with Crippen LogP contribution in [0, 0.1) is 5.92 Å². The van der Waals surface area contributed by atoms with Gasteiger partial charge in [0.25, 0.3) is 0 Å². The standard InChI is InChI=1S/C25H52N2/c1-4-7-8-9-10-11-14-17-20-24(22-26)27(6-3)25-21-18-15-12-13-16-19-23(25)5-2/h23-25H,4-22,26H2,1-3H3. The van der Waals surface area contributed by atoms with Crippen LogP contribution < -0.4 is 5.73 Å². The van der Waals surface area contributed by atoms with E-state index in [-0.39, 0.29) is 0 Å². The molecule has 0 amide bonds. The number of likely N-dealkylation sites (N-methyl/N-ethyl adjacent to an activating group) is 1. The third kappa shape index (κ3) is 10.3. The lowest BCUT2D eigenvalue weighted by atomic mass is 9.86. The number of unbranched alkanes of at least 4 members (excludes halogenated alkanes) is 7. The topological polar surface area (TPSA) is 29.3 Å². The third-order valence-electron chi connectivity index (χ3n) is 7.07. The van der Waals surface area contributed by atoms with Gasteiger partial charge in [-0.15, -0.1) is 0 Å². The summed E-state index contributed by atoms with van der Waals surface area (Å²) >= 11 is 0. The molecule has 0 heterocycles. The van der Waals surface area contributed by atoms with Crippen molar-refractivity contribution >= 4 is 0 Å². The first-order valence-electron chi connectivity index (χ1n) is 12.7. The third-order valence-corrected chi connectivity index (χ3v) is 7.07. The minimum Gasteiger partial charge on any atom is -0.329 e. The largest absolute Gasteiger partial charge is 0.329 e. The van der Waals surface area contributed by atoms with Gasteiger partial charge in [0.15, 0.2) is 0 Å². The number of rotatable bonds is 14. The van der Waals surface area contributed by atoms with Crippen LogP contribution in [0.25, 0.3) is 0 Å². The lowest BCUT2D eigenvalue weighted by Gasteiger charge is -2.41. The van der Waals surface area contributed by atoms with Crippen LogP contribution in [0.4, 0.5) is 0 Å². The van der Waals surface area contributed by atoms with Crippen molar-refractivity contribution in [3.8, 4) is 0 Å². The molecule has 162 valence electrons. The predicted octanol–water partition coefficient (Wildman–Crippen LogP) is 7.31. The van der Waals surface area contributed by atoms with Crippen molar-refractivity contribution in [2.75, 3.05) is 13.1 Å². The molecule has 0 spiro atoms. The van der Waals surface area contributed by atoms with Crippen LogP contribution in [-0.2, 0) is 0 Å². The highest BCUT2D eigenvalue weighted by atomic mass is 15.2. The molecule has 0 aliphatic heterocycles. The van der Waals surface area contributed by atoms with Crippen LogP contribution in [0.15, 0.2) is 0 Å². The van der Waals surface area contributed by atoms with Gasteiger partial charge >= 0.3 is 0 Å². The fraction of sp³-hybridized carbons (Fsp3) is 1.00. The van der Waals surface area contributed by atoms with Gasteiger partial charge in [-0.1, -0.05) is 111 Å². The van der Waals surface area contributed by atoms with E-state index in [9.17, 15) is 0 Å². The normalized spacial score (nSPS) is 23.0. The summed E-state index contributed by atoms with van der Waals surface area (Å²) in [6, 6.07) is 1.38. The highest BCUT2D eigenvalue weighted by molar-refractivity contribution is 4.85. The molecule has 0 aromatic rings. The Hall–Kier alpha value is -0.0800. The molecule has 2 heteroatoms. The van der Waals surface area contributed by atoms with Crippen molar-refractivity contribution in [1.29, 1.82) is 0 Å². The Morgan fingerprint density at radius 1 is 0.778 bits per heavy atom. The molecule has 0 radical (unpaired) electrons. The zero-order chi connectivity index (χ0) is 19.7. The van der Waals surface area contributed by atoms with Crippen molar-refractivity contribution < 1.29 is 0 Å². The van der Waals surface area contributed by atoms with Crippen LogP contribution in [-0.4, -0.2) is 30.1 Å². The molecule has 2 nitrogen and oxygen atoms in total. The average Bonchev–Trinajstić information content (AvgIpc) is 2.81. The zero-order valence-corrected chi connectivity index (χ0v) is 19.2. The molecule has 1 aliphatic rings. The second kappa shape index (κ2) is 16.8. The lowest BCUT2D eigenvalue weighted by Crippen LogP contribution is -2.49. The summed E-state index contributed by atoms with van der Waals surface area (Å²) in [5.41, 5.74) is 6.30. The Bertz CT molecular complexity index is 317. The summed E-state index contributed by atoms with van der Waals surface area (Å²) in [5, 5.41) is 0. The fourth-order valence-electron chi connectivity index (χ4n) is 5.33. The first-order valence-corrected chi connectivity index (χ1v) is 12.7. The van der Waals surface area contributed by atoms with Gasteiger partial charge in [-0.3, -0.25) is 4.90 Å². The van der Waals surface area contributed by atoms with Crippen molar-refractivity contribution in [2.45, 2.75) is 142 Å². The molecule has 0 aromatic heterocycles. The molecule has 1 rings (SSSR count). The Kier molecular flexibility index (Phi) is 15.6. The molecule has 3 atom stereocenters. The molecule has 1 aliphatic carbocycles. The molecule has 1 saturated carbocycles. The monoisotopic (exact) mass is 380 g/mol. The summed E-state index contributed by atoms with van der Waals surface area (Å²) < 4.78 is 0. The predicted molar refractivity (Wildman–Crippen MR) is 122 cm³/mol. The van der Waals surface area contributed by atoms with Crippen molar-refractivity contribution in [3.05, 3.63) is 0 Å². The molecule has 1 fully saturated rings. The van der Waals surface area contributed by atoms with E-state index in [1.54, 1.807) is 0 Å². The minimum absolute atomic E-state index is 0.606. The SMILES string of the molecule is CCCCCCCCCCC(CN)N(CC)C1CCCCCCCC1CC. The second-order valence-electron chi connectivity index (χ2n) is 9.06. The Morgan fingerprint density at radius 3 is 1.96 bits per heavy atom. The Balaban J connectivity index is 2.47. The summed E-state index contributed by atoms with van der Waals surface area (Å²) in [6.45, 7) is 9.11. The van der Waals surface area contributed by atoms with Crippen LogP contribution >= 0.6 is 0 Å². The minimum atomic E-state index is 0.606. The van der Waals surface area contributed by atoms with Gasteiger partial charge in [0.1, 0.15) is 0 Å². The van der Waals surface area contributed by atoms with Gasteiger partial charge < -0.3 is 5.73 Å². The highest BCUT2D eigenvalue weighted by Gasteiger charge is 2.29. The summed E-state index contributed by atoms with van der Waals surface area (Å²) in [4.78, 5) is 2.83. The maximum atomic E-state index is 6.30. The van der Waals surface area contributed by atoms with Crippen molar-refractivity contribution in [1.82, 2.24) is 4.90 Å². The second-order valence-corrected chi connectivity index (χ2v) is 9.06. The summed E-state index contributed by atoms with van der Waals surface area (Å²) in [6.07, 6.45) is 24.0. The van der Waals surface area contributed by atoms with Crippen molar-refractivity contribution in [2.24, 2.45) is 11.7 Å². The Labute approximate surface area is 172 Å². The van der Waals surface area contributed by atoms with E-state index in [1.807, 2.05) is 0 Å². The molecule has 2 N–H and O–H groups in total.